The third kappa shape index (κ3) is 4.04. The van der Waals surface area contributed by atoms with Crippen molar-refractivity contribution in [3.8, 4) is 0 Å². The van der Waals surface area contributed by atoms with Crippen LogP contribution in [0.3, 0.4) is 0 Å². The van der Waals surface area contributed by atoms with Crippen LogP contribution in [0.5, 0.6) is 0 Å². The Hall–Kier alpha value is -1.89. The minimum atomic E-state index is -3.01. The summed E-state index contributed by atoms with van der Waals surface area (Å²) in [5.41, 5.74) is 0.814. The minimum absolute atomic E-state index is 0.00442. The maximum Gasteiger partial charge on any atom is 0.335 e. The van der Waals surface area contributed by atoms with Crippen LogP contribution in [0.4, 0.5) is 0 Å². The fraction of sp³-hybridized carbons (Fsp3) is 0.429. The third-order valence-corrected chi connectivity index (χ3v) is 5.16. The van der Waals surface area contributed by atoms with Crippen molar-refractivity contribution in [2.24, 2.45) is 0 Å². The highest BCUT2D eigenvalue weighted by Gasteiger charge is 2.24. The standard InChI is InChI=1S/C14H17NO5S/c16-13(15-7-9-21(19,20)10-8-15)6-5-11-3-1-2-4-12(11)14(17)18/h1-4H,5-10H2,(H,17,18). The maximum atomic E-state index is 12.0. The summed E-state index contributed by atoms with van der Waals surface area (Å²) >= 11 is 0. The number of aromatic carboxylic acids is 1. The average Bonchev–Trinajstić information content (AvgIpc) is 2.45. The number of rotatable bonds is 4. The molecule has 0 bridgehead atoms. The minimum Gasteiger partial charge on any atom is -0.478 e. The lowest BCUT2D eigenvalue weighted by atomic mass is 10.0. The number of carboxylic acids is 1. The fourth-order valence-corrected chi connectivity index (χ4v) is 3.51. The number of hydrogen-bond donors (Lipinski definition) is 1. The largest absolute Gasteiger partial charge is 0.478 e. The molecule has 114 valence electrons. The molecule has 2 rings (SSSR count). The molecule has 1 fully saturated rings. The van der Waals surface area contributed by atoms with Crippen molar-refractivity contribution in [2.45, 2.75) is 12.8 Å². The smallest absolute Gasteiger partial charge is 0.335 e. The van der Waals surface area contributed by atoms with E-state index >= 15 is 0 Å². The summed E-state index contributed by atoms with van der Waals surface area (Å²) in [6.07, 6.45) is 0.523. The number of nitrogens with zero attached hydrogens (tertiary/aromatic N) is 1. The molecular weight excluding hydrogens is 294 g/mol. The van der Waals surface area contributed by atoms with Gasteiger partial charge in [-0.1, -0.05) is 18.2 Å². The predicted octanol–water partition coefficient (Wildman–Crippen LogP) is 0.574. The van der Waals surface area contributed by atoms with Crippen LogP contribution >= 0.6 is 0 Å². The number of benzene rings is 1. The normalized spacial score (nSPS) is 17.4. The van der Waals surface area contributed by atoms with E-state index in [0.29, 0.717) is 12.0 Å². The van der Waals surface area contributed by atoms with Crippen LogP contribution in [0, 0.1) is 0 Å². The van der Waals surface area contributed by atoms with Crippen LogP contribution in [0.1, 0.15) is 22.3 Å². The molecule has 0 saturated carbocycles. The summed E-state index contributed by atoms with van der Waals surface area (Å²) < 4.78 is 22.6. The lowest BCUT2D eigenvalue weighted by Gasteiger charge is -2.26. The highest BCUT2D eigenvalue weighted by Crippen LogP contribution is 2.13. The van der Waals surface area contributed by atoms with E-state index in [1.54, 1.807) is 18.2 Å². The number of hydrogen-bond acceptors (Lipinski definition) is 4. The number of sulfone groups is 1. The van der Waals surface area contributed by atoms with E-state index in [9.17, 15) is 18.0 Å². The van der Waals surface area contributed by atoms with Crippen LogP contribution in [0.15, 0.2) is 24.3 Å². The van der Waals surface area contributed by atoms with Crippen molar-refractivity contribution in [3.63, 3.8) is 0 Å². The van der Waals surface area contributed by atoms with Crippen molar-refractivity contribution in [1.29, 1.82) is 0 Å². The van der Waals surface area contributed by atoms with Gasteiger partial charge in [0.25, 0.3) is 0 Å². The first-order chi connectivity index (χ1) is 9.89. The van der Waals surface area contributed by atoms with Crippen LogP contribution in [-0.4, -0.2) is 54.9 Å². The van der Waals surface area contributed by atoms with Gasteiger partial charge in [0, 0.05) is 19.5 Å². The molecule has 1 heterocycles. The van der Waals surface area contributed by atoms with Crippen LogP contribution < -0.4 is 0 Å². The van der Waals surface area contributed by atoms with E-state index in [-0.39, 0.29) is 42.5 Å². The quantitative estimate of drug-likeness (QED) is 0.878. The number of aryl methyl sites for hydroxylation is 1. The Labute approximate surface area is 123 Å². The monoisotopic (exact) mass is 311 g/mol. The zero-order valence-electron chi connectivity index (χ0n) is 11.5. The van der Waals surface area contributed by atoms with E-state index < -0.39 is 15.8 Å². The molecule has 1 aliphatic rings. The molecule has 21 heavy (non-hydrogen) atoms. The highest BCUT2D eigenvalue weighted by atomic mass is 32.2. The van der Waals surface area contributed by atoms with Gasteiger partial charge in [0.2, 0.25) is 5.91 Å². The van der Waals surface area contributed by atoms with E-state index in [0.717, 1.165) is 0 Å². The van der Waals surface area contributed by atoms with E-state index in [1.807, 2.05) is 0 Å². The first-order valence-corrected chi connectivity index (χ1v) is 8.50. The average molecular weight is 311 g/mol. The molecule has 1 aromatic rings. The summed E-state index contributed by atoms with van der Waals surface area (Å²) in [5, 5.41) is 9.08. The Balaban J connectivity index is 1.95. The molecule has 0 aliphatic carbocycles. The zero-order chi connectivity index (χ0) is 15.5. The van der Waals surface area contributed by atoms with Gasteiger partial charge >= 0.3 is 5.97 Å². The molecule has 0 radical (unpaired) electrons. The number of carboxylic acid groups (broad SMARTS) is 1. The molecule has 1 N–H and O–H groups in total. The van der Waals surface area contributed by atoms with Gasteiger partial charge < -0.3 is 10.0 Å². The van der Waals surface area contributed by atoms with Crippen LogP contribution in [0.2, 0.25) is 0 Å². The Kier molecular flexibility index (Phi) is 4.62. The topological polar surface area (TPSA) is 91.8 Å². The molecule has 1 saturated heterocycles. The van der Waals surface area contributed by atoms with Crippen molar-refractivity contribution >= 4 is 21.7 Å². The van der Waals surface area contributed by atoms with Crippen molar-refractivity contribution < 1.29 is 23.1 Å². The lowest BCUT2D eigenvalue weighted by molar-refractivity contribution is -0.130. The fourth-order valence-electron chi connectivity index (χ4n) is 2.31. The molecule has 1 aromatic carbocycles. The predicted molar refractivity (Wildman–Crippen MR) is 77.0 cm³/mol. The van der Waals surface area contributed by atoms with Gasteiger partial charge in [-0.25, -0.2) is 13.2 Å². The second-order valence-corrected chi connectivity index (χ2v) is 7.30. The van der Waals surface area contributed by atoms with Gasteiger partial charge in [0.05, 0.1) is 17.1 Å². The first kappa shape index (κ1) is 15.5. The number of carbonyl (C=O) groups is 2. The SMILES string of the molecule is O=C(O)c1ccccc1CCC(=O)N1CCS(=O)(=O)CC1. The molecule has 0 spiro atoms. The number of carbonyl (C=O) groups excluding carboxylic acids is 1. The van der Waals surface area contributed by atoms with Gasteiger partial charge in [-0.3, -0.25) is 4.79 Å². The Morgan fingerprint density at radius 3 is 2.38 bits per heavy atom. The second-order valence-electron chi connectivity index (χ2n) is 4.99. The molecular formula is C14H17NO5S. The maximum absolute atomic E-state index is 12.0. The van der Waals surface area contributed by atoms with Crippen LogP contribution in [-0.2, 0) is 21.1 Å². The van der Waals surface area contributed by atoms with Gasteiger partial charge in [0.1, 0.15) is 0 Å². The highest BCUT2D eigenvalue weighted by molar-refractivity contribution is 7.91. The van der Waals surface area contributed by atoms with Crippen molar-refractivity contribution in [3.05, 3.63) is 35.4 Å². The van der Waals surface area contributed by atoms with E-state index in [4.69, 9.17) is 5.11 Å². The van der Waals surface area contributed by atoms with Gasteiger partial charge in [-0.15, -0.1) is 0 Å². The summed E-state index contributed by atoms with van der Waals surface area (Å²) in [4.78, 5) is 24.7. The molecule has 0 atom stereocenters. The van der Waals surface area contributed by atoms with Gasteiger partial charge in [-0.2, -0.15) is 0 Å². The summed E-state index contributed by atoms with van der Waals surface area (Å²) in [5.74, 6) is -1.14. The molecule has 0 unspecified atom stereocenters. The zero-order valence-corrected chi connectivity index (χ0v) is 12.3. The second kappa shape index (κ2) is 6.26. The molecule has 7 heteroatoms. The Bertz CT molecular complexity index is 639. The Morgan fingerprint density at radius 1 is 1.14 bits per heavy atom. The van der Waals surface area contributed by atoms with Crippen molar-refractivity contribution in [1.82, 2.24) is 4.90 Å². The summed E-state index contributed by atoms with van der Waals surface area (Å²) in [6, 6.07) is 6.58. The van der Waals surface area contributed by atoms with E-state index in [2.05, 4.69) is 0 Å². The molecule has 1 amide bonds. The van der Waals surface area contributed by atoms with Gasteiger partial charge in [0.15, 0.2) is 9.84 Å². The molecule has 1 aliphatic heterocycles. The third-order valence-electron chi connectivity index (χ3n) is 3.55. The summed E-state index contributed by atoms with van der Waals surface area (Å²) in [6.45, 7) is 0.448. The van der Waals surface area contributed by atoms with Gasteiger partial charge in [-0.05, 0) is 18.1 Å². The number of amides is 1. The van der Waals surface area contributed by atoms with Crippen LogP contribution in [0.25, 0.3) is 0 Å². The molecule has 6 nitrogen and oxygen atoms in total. The lowest BCUT2D eigenvalue weighted by Crippen LogP contribution is -2.43. The molecule has 0 aromatic heterocycles. The van der Waals surface area contributed by atoms with E-state index in [1.165, 1.54) is 11.0 Å². The van der Waals surface area contributed by atoms with Crippen molar-refractivity contribution in [2.75, 3.05) is 24.6 Å². The summed E-state index contributed by atoms with van der Waals surface area (Å²) in [7, 11) is -3.01. The Morgan fingerprint density at radius 2 is 1.76 bits per heavy atom. The first-order valence-electron chi connectivity index (χ1n) is 6.68.